The van der Waals surface area contributed by atoms with E-state index in [2.05, 4.69) is 0 Å². The molecule has 0 aromatic heterocycles. The Kier molecular flexibility index (Phi) is 21.1. The van der Waals surface area contributed by atoms with Crippen LogP contribution in [0.1, 0.15) is 87.5 Å². The molecular weight excluding hydrogens is 851 g/mol. The number of nitrogens with zero attached hydrogens (tertiary/aromatic N) is 1. The van der Waals surface area contributed by atoms with Gasteiger partial charge in [-0.15, -0.1) is 0 Å². The van der Waals surface area contributed by atoms with Gasteiger partial charge in [-0.2, -0.15) is 0 Å². The van der Waals surface area contributed by atoms with Gasteiger partial charge in [-0.1, -0.05) is 38.5 Å². The van der Waals surface area contributed by atoms with Crippen molar-refractivity contribution in [2.75, 3.05) is 42.0 Å². The lowest BCUT2D eigenvalue weighted by Gasteiger charge is -2.50. The zero-order valence-corrected chi connectivity index (χ0v) is 40.6. The van der Waals surface area contributed by atoms with Crippen molar-refractivity contribution < 1.29 is 82.2 Å². The van der Waals surface area contributed by atoms with E-state index in [-0.39, 0.29) is 31.7 Å². The number of aldehydes is 1. The summed E-state index contributed by atoms with van der Waals surface area (Å²) in [5, 5.41) is 45.7. The highest BCUT2D eigenvalue weighted by atomic mass is 16.7. The summed E-state index contributed by atoms with van der Waals surface area (Å²) in [4.78, 5) is 41.6. The number of aliphatic hydroxyl groups excluding tert-OH is 3. The molecule has 4 aliphatic rings. The summed E-state index contributed by atoms with van der Waals surface area (Å²) in [5.74, 6) is -3.54. The summed E-state index contributed by atoms with van der Waals surface area (Å²) in [6.07, 6.45) is -7.25. The number of esters is 1. The standard InChI is InChI=1S/C47H79NO17/c1-14-34-31(23-59-46-43(57-12)42(56-11)38(53)27(5)61-46)19-24(2)15-16-32(50)25(3)20-30(17-18-49)40(26(4)33(51)21-35(52)63-34)65-45-39(54)37(48(9)10)41(28(6)62-45)64-36-22-47(8,55)44(58-13)29(7)60-36/h15-16,18-19,25-31,33-34,36-46,51,53-55H,14,17,20-23H2,1-13H3/b16-15+,24-19+. The minimum atomic E-state index is -1.35. The number of rotatable bonds is 14. The van der Waals surface area contributed by atoms with Gasteiger partial charge in [-0.05, 0) is 73.5 Å². The molecule has 21 atom stereocenters. The van der Waals surface area contributed by atoms with Gasteiger partial charge in [0.05, 0.1) is 55.2 Å². The van der Waals surface area contributed by atoms with Gasteiger partial charge in [0.2, 0.25) is 0 Å². The average molecular weight is 930 g/mol. The molecule has 3 fully saturated rings. The van der Waals surface area contributed by atoms with E-state index in [9.17, 15) is 34.8 Å². The van der Waals surface area contributed by atoms with Crippen LogP contribution in [-0.4, -0.2) is 189 Å². The van der Waals surface area contributed by atoms with Gasteiger partial charge in [0.1, 0.15) is 49.0 Å². The van der Waals surface area contributed by atoms with Crippen molar-refractivity contribution >= 4 is 18.0 Å². The van der Waals surface area contributed by atoms with Gasteiger partial charge >= 0.3 is 5.97 Å². The van der Waals surface area contributed by atoms with Crippen LogP contribution >= 0.6 is 0 Å². The van der Waals surface area contributed by atoms with Crippen LogP contribution in [0.2, 0.25) is 0 Å². The zero-order valence-electron chi connectivity index (χ0n) is 40.6. The maximum Gasteiger partial charge on any atom is 0.308 e. The van der Waals surface area contributed by atoms with E-state index in [0.717, 1.165) is 6.29 Å². The van der Waals surface area contributed by atoms with Crippen LogP contribution < -0.4 is 0 Å². The number of carbonyl (C=O) groups is 3. The first kappa shape index (κ1) is 55.3. The lowest BCUT2D eigenvalue weighted by molar-refractivity contribution is -0.342. The number of methoxy groups -OCH3 is 3. The van der Waals surface area contributed by atoms with Gasteiger partial charge in [0, 0.05) is 51.9 Å². The normalized spacial score (nSPS) is 45.4. The summed E-state index contributed by atoms with van der Waals surface area (Å²) in [7, 11) is 8.00. The van der Waals surface area contributed by atoms with Crippen LogP contribution in [0, 0.1) is 23.7 Å². The molecule has 21 unspecified atom stereocenters. The van der Waals surface area contributed by atoms with Gasteiger partial charge in [-0.3, -0.25) is 9.59 Å². The molecule has 3 saturated heterocycles. The van der Waals surface area contributed by atoms with Crippen molar-refractivity contribution in [1.82, 2.24) is 4.90 Å². The molecule has 0 amide bonds. The molecule has 4 heterocycles. The molecule has 18 heteroatoms. The number of hydrogen-bond acceptors (Lipinski definition) is 18. The Morgan fingerprint density at radius 1 is 0.846 bits per heavy atom. The maximum atomic E-state index is 13.8. The van der Waals surface area contributed by atoms with E-state index in [1.807, 2.05) is 19.9 Å². The molecule has 0 spiro atoms. The highest BCUT2D eigenvalue weighted by Gasteiger charge is 2.52. The number of likely N-dealkylation sites (N-methyl/N-ethyl adjacent to an activating group) is 1. The number of ether oxygens (including phenoxy) is 10. The summed E-state index contributed by atoms with van der Waals surface area (Å²) in [6, 6.07) is -0.718. The Hall–Kier alpha value is -2.27. The quantitative estimate of drug-likeness (QED) is 0.145. The number of hydrogen-bond donors (Lipinski definition) is 4. The Bertz CT molecular complexity index is 1580. The topological polar surface area (TPSA) is 228 Å². The number of carbonyl (C=O) groups excluding carboxylic acids is 3. The van der Waals surface area contributed by atoms with Crippen molar-refractivity contribution in [3.63, 3.8) is 0 Å². The van der Waals surface area contributed by atoms with Crippen molar-refractivity contribution in [2.45, 2.75) is 191 Å². The van der Waals surface area contributed by atoms with Gasteiger partial charge in [0.15, 0.2) is 24.7 Å². The molecule has 0 bridgehead atoms. The Morgan fingerprint density at radius 2 is 1.51 bits per heavy atom. The second kappa shape index (κ2) is 24.8. The molecule has 4 N–H and O–H groups in total. The van der Waals surface area contributed by atoms with Crippen molar-refractivity contribution in [3.8, 4) is 0 Å². The third kappa shape index (κ3) is 13.9. The Balaban J connectivity index is 1.62. The SMILES string of the molecule is CCC1OC(=O)CC(O)C(C)C(OC2OC(C)C(OC3CC(C)(O)C(OC)C(C)O3)C(N(C)C)C2O)C(CC=O)CC(C)C(=O)/C=C/C(C)=C/C1COC1OC(C)C(O)C(OC)C1OC. The number of cyclic esters (lactones) is 1. The third-order valence-electron chi connectivity index (χ3n) is 13.6. The van der Waals surface area contributed by atoms with Crippen LogP contribution in [0.4, 0.5) is 0 Å². The zero-order chi connectivity index (χ0) is 48.5. The van der Waals surface area contributed by atoms with E-state index in [4.69, 9.17) is 47.4 Å². The van der Waals surface area contributed by atoms with Crippen LogP contribution in [0.15, 0.2) is 23.8 Å². The first-order valence-corrected chi connectivity index (χ1v) is 23.1. The molecule has 4 rings (SSSR count). The molecule has 18 nitrogen and oxygen atoms in total. The lowest BCUT2D eigenvalue weighted by atomic mass is 9.79. The summed E-state index contributed by atoms with van der Waals surface area (Å²) in [6.45, 7) is 14.0. The minimum Gasteiger partial charge on any atom is -0.462 e. The molecule has 65 heavy (non-hydrogen) atoms. The van der Waals surface area contributed by atoms with Crippen molar-refractivity contribution in [2.24, 2.45) is 23.7 Å². The first-order chi connectivity index (χ1) is 30.6. The predicted molar refractivity (Wildman–Crippen MR) is 235 cm³/mol. The highest BCUT2D eigenvalue weighted by Crippen LogP contribution is 2.38. The maximum absolute atomic E-state index is 13.8. The third-order valence-corrected chi connectivity index (χ3v) is 13.6. The number of aliphatic hydroxyl groups is 4. The van der Waals surface area contributed by atoms with Crippen LogP contribution in [-0.2, 0) is 61.8 Å². The average Bonchev–Trinajstić information content (AvgIpc) is 3.23. The summed E-state index contributed by atoms with van der Waals surface area (Å²) in [5.41, 5.74) is -0.569. The molecule has 0 radical (unpaired) electrons. The molecular formula is C47H79NO17. The summed E-state index contributed by atoms with van der Waals surface area (Å²) < 4.78 is 60.6. The summed E-state index contributed by atoms with van der Waals surface area (Å²) >= 11 is 0. The smallest absolute Gasteiger partial charge is 0.308 e. The lowest BCUT2D eigenvalue weighted by Crippen LogP contribution is -2.65. The van der Waals surface area contributed by atoms with Gasteiger partial charge in [-0.25, -0.2) is 0 Å². The second-order valence-electron chi connectivity index (χ2n) is 19.0. The molecule has 0 aromatic carbocycles. The Labute approximate surface area is 385 Å². The highest BCUT2D eigenvalue weighted by molar-refractivity contribution is 5.91. The number of ketones is 1. The Morgan fingerprint density at radius 3 is 2.09 bits per heavy atom. The molecule has 0 saturated carbocycles. The van der Waals surface area contributed by atoms with Crippen LogP contribution in [0.5, 0.6) is 0 Å². The van der Waals surface area contributed by atoms with Crippen LogP contribution in [0.3, 0.4) is 0 Å². The van der Waals surface area contributed by atoms with E-state index in [1.165, 1.54) is 27.4 Å². The molecule has 0 aromatic rings. The van der Waals surface area contributed by atoms with E-state index in [0.29, 0.717) is 12.0 Å². The van der Waals surface area contributed by atoms with E-state index >= 15 is 0 Å². The fraction of sp³-hybridized carbons (Fsp3) is 0.851. The molecule has 0 aliphatic carbocycles. The monoisotopic (exact) mass is 930 g/mol. The predicted octanol–water partition coefficient (Wildman–Crippen LogP) is 2.49. The van der Waals surface area contributed by atoms with Gasteiger partial charge < -0.3 is 77.5 Å². The van der Waals surface area contributed by atoms with E-state index < -0.39 is 140 Å². The minimum absolute atomic E-state index is 0.00276. The van der Waals surface area contributed by atoms with Crippen molar-refractivity contribution in [1.29, 1.82) is 0 Å². The van der Waals surface area contributed by atoms with Crippen molar-refractivity contribution in [3.05, 3.63) is 23.8 Å². The molecule has 4 aliphatic heterocycles. The number of allylic oxidation sites excluding steroid dienone is 3. The second-order valence-corrected chi connectivity index (χ2v) is 19.0. The first-order valence-electron chi connectivity index (χ1n) is 23.1. The fourth-order valence-corrected chi connectivity index (χ4v) is 9.95. The van der Waals surface area contributed by atoms with E-state index in [1.54, 1.807) is 66.6 Å². The molecule has 374 valence electrons. The fourth-order valence-electron chi connectivity index (χ4n) is 9.95. The van der Waals surface area contributed by atoms with Crippen LogP contribution in [0.25, 0.3) is 0 Å². The van der Waals surface area contributed by atoms with Gasteiger partial charge in [0.25, 0.3) is 0 Å². The largest absolute Gasteiger partial charge is 0.462 e.